The number of hydrogen-bond donors (Lipinski definition) is 2. The van der Waals surface area contributed by atoms with Crippen LogP contribution >= 0.6 is 0 Å². The Morgan fingerprint density at radius 1 is 1.24 bits per heavy atom. The zero-order valence-electron chi connectivity index (χ0n) is 17.9. The van der Waals surface area contributed by atoms with Crippen LogP contribution in [0.3, 0.4) is 0 Å². The normalized spacial score (nSPS) is 40.7. The highest BCUT2D eigenvalue weighted by Crippen LogP contribution is 2.63. The van der Waals surface area contributed by atoms with Crippen molar-refractivity contribution in [2.45, 2.75) is 76.8 Å². The first kappa shape index (κ1) is 20.5. The number of epoxide rings is 1. The van der Waals surface area contributed by atoms with Crippen LogP contribution in [0.2, 0.25) is 0 Å². The molecule has 6 nitrogen and oxygen atoms in total. The molecule has 1 aromatic rings. The number of hydrogen-bond acceptors (Lipinski definition) is 6. The number of aromatic hydroxyl groups is 1. The van der Waals surface area contributed by atoms with E-state index in [9.17, 15) is 15.0 Å². The van der Waals surface area contributed by atoms with Gasteiger partial charge in [-0.3, -0.25) is 0 Å². The van der Waals surface area contributed by atoms with Crippen LogP contribution in [-0.4, -0.2) is 46.7 Å². The van der Waals surface area contributed by atoms with E-state index in [4.69, 9.17) is 14.2 Å². The molecule has 29 heavy (non-hydrogen) atoms. The number of carbonyl (C=O) groups excluding carboxylic acids is 1. The zero-order valence-corrected chi connectivity index (χ0v) is 17.9. The number of aliphatic hydroxyl groups is 1. The van der Waals surface area contributed by atoms with Crippen LogP contribution in [-0.2, 0) is 9.47 Å². The maximum atomic E-state index is 13.0. The molecular weight excluding hydrogens is 372 g/mol. The van der Waals surface area contributed by atoms with Gasteiger partial charge < -0.3 is 24.4 Å². The van der Waals surface area contributed by atoms with E-state index in [2.05, 4.69) is 13.8 Å². The molecule has 160 valence electrons. The lowest BCUT2D eigenvalue weighted by molar-refractivity contribution is -0.120. The molecule has 0 aromatic heterocycles. The number of carbonyl (C=O) groups is 1. The number of rotatable bonds is 4. The maximum Gasteiger partial charge on any atom is 0.338 e. The summed E-state index contributed by atoms with van der Waals surface area (Å²) < 4.78 is 17.1. The van der Waals surface area contributed by atoms with Gasteiger partial charge in [-0.2, -0.15) is 0 Å². The Balaban J connectivity index is 1.66. The monoisotopic (exact) mass is 404 g/mol. The lowest BCUT2D eigenvalue weighted by Gasteiger charge is -2.44. The Morgan fingerprint density at radius 2 is 1.97 bits per heavy atom. The smallest absolute Gasteiger partial charge is 0.338 e. The molecule has 1 saturated heterocycles. The minimum Gasteiger partial charge on any atom is -0.504 e. The van der Waals surface area contributed by atoms with Gasteiger partial charge in [-0.25, -0.2) is 4.79 Å². The number of ether oxygens (including phenoxy) is 3. The average molecular weight is 405 g/mol. The van der Waals surface area contributed by atoms with Crippen molar-refractivity contribution in [2.24, 2.45) is 17.3 Å². The van der Waals surface area contributed by atoms with Gasteiger partial charge in [0.1, 0.15) is 6.10 Å². The summed E-state index contributed by atoms with van der Waals surface area (Å²) in [4.78, 5) is 13.0. The number of benzene rings is 1. The zero-order chi connectivity index (χ0) is 21.2. The van der Waals surface area contributed by atoms with E-state index in [0.717, 1.165) is 12.8 Å². The van der Waals surface area contributed by atoms with Gasteiger partial charge in [-0.15, -0.1) is 0 Å². The molecule has 2 aliphatic carbocycles. The average Bonchev–Trinajstić information content (AvgIpc) is 3.18. The van der Waals surface area contributed by atoms with Gasteiger partial charge in [0.2, 0.25) is 0 Å². The van der Waals surface area contributed by atoms with Crippen molar-refractivity contribution < 1.29 is 29.2 Å². The van der Waals surface area contributed by atoms with E-state index in [-0.39, 0.29) is 40.3 Å². The molecule has 0 radical (unpaired) electrons. The van der Waals surface area contributed by atoms with Crippen molar-refractivity contribution >= 4 is 5.97 Å². The largest absolute Gasteiger partial charge is 0.504 e. The Bertz CT molecular complexity index is 822. The van der Waals surface area contributed by atoms with Gasteiger partial charge in [0, 0.05) is 12.3 Å². The molecule has 1 aliphatic heterocycles. The molecule has 6 atom stereocenters. The summed E-state index contributed by atoms with van der Waals surface area (Å²) in [5.74, 6) is -0.404. The summed E-state index contributed by atoms with van der Waals surface area (Å²) in [7, 11) is 1.46. The molecule has 6 heteroatoms. The summed E-state index contributed by atoms with van der Waals surface area (Å²) in [5, 5.41) is 21.7. The number of esters is 1. The van der Waals surface area contributed by atoms with Crippen LogP contribution in [0, 0.1) is 17.3 Å². The Labute approximate surface area is 172 Å². The summed E-state index contributed by atoms with van der Waals surface area (Å²) >= 11 is 0. The number of phenols is 1. The second-order valence-electron chi connectivity index (χ2n) is 9.94. The molecule has 3 aliphatic rings. The van der Waals surface area contributed by atoms with Gasteiger partial charge in [0.05, 0.1) is 30.0 Å². The quantitative estimate of drug-likeness (QED) is 0.588. The van der Waals surface area contributed by atoms with Crippen LogP contribution in [0.5, 0.6) is 11.5 Å². The number of methoxy groups -OCH3 is 1. The highest BCUT2D eigenvalue weighted by atomic mass is 16.6. The van der Waals surface area contributed by atoms with E-state index in [0.29, 0.717) is 18.6 Å². The fraction of sp³-hybridized carbons (Fsp3) is 0.696. The van der Waals surface area contributed by atoms with E-state index in [1.165, 1.54) is 13.2 Å². The molecule has 0 bridgehead atoms. The van der Waals surface area contributed by atoms with E-state index < -0.39 is 17.7 Å². The molecule has 0 spiro atoms. The minimum absolute atomic E-state index is 0.0590. The lowest BCUT2D eigenvalue weighted by Crippen LogP contribution is -2.50. The number of fused-ring (bicyclic) bond motifs is 2. The SMILES string of the molecule is COc1ccc(C(=O)O[C@@H]2C[C@]3(C)O[C@@H]3C[C@]3(C)CC[C@](O)(C(C)C)[C@@H]23)cc1O. The molecule has 0 amide bonds. The van der Waals surface area contributed by atoms with Crippen LogP contribution in [0.25, 0.3) is 0 Å². The highest BCUT2D eigenvalue weighted by Gasteiger charge is 2.68. The maximum absolute atomic E-state index is 13.0. The fourth-order valence-electron chi connectivity index (χ4n) is 5.85. The van der Waals surface area contributed by atoms with Crippen molar-refractivity contribution in [3.8, 4) is 11.5 Å². The Hall–Kier alpha value is -1.79. The first-order valence-corrected chi connectivity index (χ1v) is 10.5. The van der Waals surface area contributed by atoms with Crippen LogP contribution in [0.4, 0.5) is 0 Å². The van der Waals surface area contributed by atoms with Gasteiger partial charge in [-0.05, 0) is 55.7 Å². The van der Waals surface area contributed by atoms with Crippen LogP contribution < -0.4 is 4.74 Å². The van der Waals surface area contributed by atoms with Gasteiger partial charge in [-0.1, -0.05) is 20.8 Å². The van der Waals surface area contributed by atoms with Crippen molar-refractivity contribution in [1.82, 2.24) is 0 Å². The molecule has 2 N–H and O–H groups in total. The third-order valence-electron chi connectivity index (χ3n) is 7.72. The standard InChI is InChI=1S/C23H32O6/c1-13(2)23(26)9-8-21(3)12-18-22(4,29-18)11-17(19(21)23)28-20(25)14-6-7-16(27-5)15(24)10-14/h6-7,10,13,17-19,24,26H,8-9,11-12H2,1-5H3/t17-,18-,19+,21+,22+,23+/m1/s1. The lowest BCUT2D eigenvalue weighted by atomic mass is 9.67. The molecule has 2 saturated carbocycles. The van der Waals surface area contributed by atoms with E-state index >= 15 is 0 Å². The summed E-state index contributed by atoms with van der Waals surface area (Å²) in [5.41, 5.74) is -1.07. The van der Waals surface area contributed by atoms with Gasteiger partial charge >= 0.3 is 5.97 Å². The van der Waals surface area contributed by atoms with Gasteiger partial charge in [0.15, 0.2) is 11.5 Å². The second kappa shape index (κ2) is 6.61. The summed E-state index contributed by atoms with van der Waals surface area (Å²) in [6.07, 6.45) is 2.73. The highest BCUT2D eigenvalue weighted by molar-refractivity contribution is 5.90. The fourth-order valence-corrected chi connectivity index (χ4v) is 5.85. The Morgan fingerprint density at radius 3 is 2.59 bits per heavy atom. The Kier molecular flexibility index (Phi) is 4.67. The third kappa shape index (κ3) is 3.21. The predicted octanol–water partition coefficient (Wildman–Crippen LogP) is 3.68. The number of phenolic OH excluding ortho intramolecular Hbond substituents is 1. The van der Waals surface area contributed by atoms with E-state index in [1.807, 2.05) is 13.8 Å². The molecular formula is C23H32O6. The van der Waals surface area contributed by atoms with Crippen LogP contribution in [0.15, 0.2) is 18.2 Å². The second-order valence-corrected chi connectivity index (χ2v) is 9.94. The van der Waals surface area contributed by atoms with Crippen molar-refractivity contribution in [1.29, 1.82) is 0 Å². The summed E-state index contributed by atoms with van der Waals surface area (Å²) in [6, 6.07) is 4.49. The summed E-state index contributed by atoms with van der Waals surface area (Å²) in [6.45, 7) is 8.34. The van der Waals surface area contributed by atoms with Crippen LogP contribution in [0.1, 0.15) is 63.7 Å². The minimum atomic E-state index is -0.880. The topological polar surface area (TPSA) is 88.5 Å². The molecule has 1 heterocycles. The van der Waals surface area contributed by atoms with Crippen molar-refractivity contribution in [3.63, 3.8) is 0 Å². The first-order chi connectivity index (χ1) is 13.5. The van der Waals surface area contributed by atoms with E-state index in [1.54, 1.807) is 12.1 Å². The van der Waals surface area contributed by atoms with Gasteiger partial charge in [0.25, 0.3) is 0 Å². The van der Waals surface area contributed by atoms with Crippen molar-refractivity contribution in [3.05, 3.63) is 23.8 Å². The molecule has 0 unspecified atom stereocenters. The van der Waals surface area contributed by atoms with Crippen molar-refractivity contribution in [2.75, 3.05) is 7.11 Å². The molecule has 1 aromatic carbocycles. The predicted molar refractivity (Wildman–Crippen MR) is 107 cm³/mol. The first-order valence-electron chi connectivity index (χ1n) is 10.5. The molecule has 4 rings (SSSR count). The molecule has 3 fully saturated rings. The third-order valence-corrected chi connectivity index (χ3v) is 7.72.